The summed E-state index contributed by atoms with van der Waals surface area (Å²) in [7, 11) is 1.49. The van der Waals surface area contributed by atoms with Crippen LogP contribution >= 0.6 is 0 Å². The average Bonchev–Trinajstić information content (AvgIpc) is 3.22. The maximum Gasteiger partial charge on any atom is 0.326 e. The molecule has 2 unspecified atom stereocenters. The number of likely N-dealkylation sites (tertiary alicyclic amines) is 1. The van der Waals surface area contributed by atoms with Gasteiger partial charge in [-0.1, -0.05) is 5.16 Å². The van der Waals surface area contributed by atoms with Crippen molar-refractivity contribution in [1.82, 2.24) is 15.0 Å². The first-order chi connectivity index (χ1) is 11.1. The standard InChI is InChI=1S/C15H15N3O5/c1-22-10-5-12(15(20)21)18(8-10)14(19)11-6-13(23-17-11)9-3-2-4-16-7-9/h2-4,6-7,10,12H,5,8H2,1H3,(H,20,21). The predicted molar refractivity (Wildman–Crippen MR) is 77.6 cm³/mol. The van der Waals surface area contributed by atoms with Crippen LogP contribution in [0.4, 0.5) is 0 Å². The van der Waals surface area contributed by atoms with Gasteiger partial charge in [0, 0.05) is 44.1 Å². The van der Waals surface area contributed by atoms with E-state index in [0.29, 0.717) is 11.3 Å². The molecule has 2 atom stereocenters. The molecule has 1 aliphatic heterocycles. The third kappa shape index (κ3) is 2.93. The van der Waals surface area contributed by atoms with E-state index in [1.807, 2.05) is 0 Å². The monoisotopic (exact) mass is 317 g/mol. The van der Waals surface area contributed by atoms with E-state index in [4.69, 9.17) is 9.26 Å². The Morgan fingerprint density at radius 2 is 2.30 bits per heavy atom. The Hall–Kier alpha value is -2.74. The van der Waals surface area contributed by atoms with Gasteiger partial charge in [0.05, 0.1) is 6.10 Å². The number of carbonyl (C=O) groups is 2. The van der Waals surface area contributed by atoms with Gasteiger partial charge in [-0.2, -0.15) is 0 Å². The van der Waals surface area contributed by atoms with Crippen LogP contribution in [-0.2, 0) is 9.53 Å². The first-order valence-corrected chi connectivity index (χ1v) is 7.04. The van der Waals surface area contributed by atoms with Crippen molar-refractivity contribution >= 4 is 11.9 Å². The van der Waals surface area contributed by atoms with Gasteiger partial charge in [0.2, 0.25) is 0 Å². The normalized spacial score (nSPS) is 20.7. The topological polar surface area (TPSA) is 106 Å². The molecule has 3 rings (SSSR count). The van der Waals surface area contributed by atoms with Crippen LogP contribution in [0.2, 0.25) is 0 Å². The Morgan fingerprint density at radius 3 is 2.96 bits per heavy atom. The minimum absolute atomic E-state index is 0.0619. The molecule has 1 amide bonds. The summed E-state index contributed by atoms with van der Waals surface area (Å²) in [5.41, 5.74) is 0.747. The van der Waals surface area contributed by atoms with E-state index in [1.54, 1.807) is 24.5 Å². The number of aliphatic carboxylic acids is 1. The minimum atomic E-state index is -1.06. The average molecular weight is 317 g/mol. The van der Waals surface area contributed by atoms with Crippen LogP contribution in [0.25, 0.3) is 11.3 Å². The SMILES string of the molecule is COC1CC(C(=O)O)N(C(=O)c2cc(-c3cccnc3)on2)C1. The number of amides is 1. The van der Waals surface area contributed by atoms with Crippen LogP contribution < -0.4 is 0 Å². The van der Waals surface area contributed by atoms with Crippen molar-refractivity contribution in [3.8, 4) is 11.3 Å². The van der Waals surface area contributed by atoms with Crippen molar-refractivity contribution in [2.24, 2.45) is 0 Å². The fraction of sp³-hybridized carbons (Fsp3) is 0.333. The molecule has 1 aliphatic rings. The molecule has 0 saturated carbocycles. The van der Waals surface area contributed by atoms with Gasteiger partial charge in [-0.05, 0) is 12.1 Å². The Kier molecular flexibility index (Phi) is 4.07. The summed E-state index contributed by atoms with van der Waals surface area (Å²) in [6.07, 6.45) is 3.17. The van der Waals surface area contributed by atoms with Crippen molar-refractivity contribution in [2.45, 2.75) is 18.6 Å². The molecule has 8 heteroatoms. The molecule has 3 heterocycles. The van der Waals surface area contributed by atoms with Crippen molar-refractivity contribution in [3.05, 3.63) is 36.3 Å². The molecule has 0 spiro atoms. The number of carbonyl (C=O) groups excluding carboxylic acids is 1. The van der Waals surface area contributed by atoms with E-state index in [1.165, 1.54) is 18.1 Å². The first kappa shape index (κ1) is 15.2. The summed E-state index contributed by atoms with van der Waals surface area (Å²) in [6.45, 7) is 0.210. The number of hydrogen-bond acceptors (Lipinski definition) is 6. The maximum absolute atomic E-state index is 12.5. The van der Waals surface area contributed by atoms with Gasteiger partial charge in [-0.25, -0.2) is 4.79 Å². The number of aromatic nitrogens is 2. The molecule has 8 nitrogen and oxygen atoms in total. The lowest BCUT2D eigenvalue weighted by molar-refractivity contribution is -0.141. The number of ether oxygens (including phenoxy) is 1. The summed E-state index contributed by atoms with van der Waals surface area (Å²) in [6, 6.07) is 4.08. The fourth-order valence-corrected chi connectivity index (χ4v) is 2.59. The van der Waals surface area contributed by atoms with E-state index in [2.05, 4.69) is 10.1 Å². The van der Waals surface area contributed by atoms with E-state index in [-0.39, 0.29) is 24.8 Å². The van der Waals surface area contributed by atoms with Gasteiger partial charge in [-0.15, -0.1) is 0 Å². The van der Waals surface area contributed by atoms with Gasteiger partial charge < -0.3 is 19.3 Å². The van der Waals surface area contributed by atoms with E-state index in [0.717, 1.165) is 0 Å². The highest BCUT2D eigenvalue weighted by Gasteiger charge is 2.41. The highest BCUT2D eigenvalue weighted by Crippen LogP contribution is 2.24. The largest absolute Gasteiger partial charge is 0.480 e. The van der Waals surface area contributed by atoms with Crippen molar-refractivity contribution < 1.29 is 24.0 Å². The third-order valence-corrected chi connectivity index (χ3v) is 3.82. The highest BCUT2D eigenvalue weighted by atomic mass is 16.5. The van der Waals surface area contributed by atoms with Gasteiger partial charge in [0.1, 0.15) is 6.04 Å². The molecule has 1 fully saturated rings. The summed E-state index contributed by atoms with van der Waals surface area (Å²) in [5.74, 6) is -1.15. The molecule has 1 N–H and O–H groups in total. The number of methoxy groups -OCH3 is 1. The maximum atomic E-state index is 12.5. The molecule has 0 aromatic carbocycles. The molecule has 2 aromatic heterocycles. The molecular formula is C15H15N3O5. The van der Waals surface area contributed by atoms with Gasteiger partial charge >= 0.3 is 5.97 Å². The van der Waals surface area contributed by atoms with Gasteiger partial charge in [0.25, 0.3) is 5.91 Å². The zero-order chi connectivity index (χ0) is 16.4. The summed E-state index contributed by atoms with van der Waals surface area (Å²) < 4.78 is 10.3. The Morgan fingerprint density at radius 1 is 1.48 bits per heavy atom. The molecule has 0 bridgehead atoms. The molecule has 1 saturated heterocycles. The Labute approximate surface area is 131 Å². The second-order valence-corrected chi connectivity index (χ2v) is 5.22. The van der Waals surface area contributed by atoms with Crippen LogP contribution in [-0.4, -0.2) is 57.8 Å². The number of carboxylic acid groups (broad SMARTS) is 1. The van der Waals surface area contributed by atoms with E-state index in [9.17, 15) is 14.7 Å². The number of nitrogens with zero attached hydrogens (tertiary/aromatic N) is 3. The number of pyridine rings is 1. The van der Waals surface area contributed by atoms with Gasteiger partial charge in [0.15, 0.2) is 11.5 Å². The zero-order valence-electron chi connectivity index (χ0n) is 12.4. The highest BCUT2D eigenvalue weighted by molar-refractivity contribution is 5.96. The minimum Gasteiger partial charge on any atom is -0.480 e. The van der Waals surface area contributed by atoms with Crippen LogP contribution in [0.5, 0.6) is 0 Å². The Bertz CT molecular complexity index is 715. The van der Waals surface area contributed by atoms with E-state index < -0.39 is 17.9 Å². The van der Waals surface area contributed by atoms with E-state index >= 15 is 0 Å². The molecule has 120 valence electrons. The van der Waals surface area contributed by atoms with Crippen molar-refractivity contribution in [3.63, 3.8) is 0 Å². The van der Waals surface area contributed by atoms with Crippen LogP contribution in [0.3, 0.4) is 0 Å². The molecule has 23 heavy (non-hydrogen) atoms. The second kappa shape index (κ2) is 6.17. The van der Waals surface area contributed by atoms with Gasteiger partial charge in [-0.3, -0.25) is 9.78 Å². The quantitative estimate of drug-likeness (QED) is 0.898. The van der Waals surface area contributed by atoms with Crippen molar-refractivity contribution in [2.75, 3.05) is 13.7 Å². The molecule has 0 radical (unpaired) electrons. The first-order valence-electron chi connectivity index (χ1n) is 7.04. The summed E-state index contributed by atoms with van der Waals surface area (Å²) >= 11 is 0. The summed E-state index contributed by atoms with van der Waals surface area (Å²) in [4.78, 5) is 29.1. The molecular weight excluding hydrogens is 302 g/mol. The lowest BCUT2D eigenvalue weighted by Crippen LogP contribution is -2.40. The lowest BCUT2D eigenvalue weighted by Gasteiger charge is -2.19. The second-order valence-electron chi connectivity index (χ2n) is 5.22. The fourth-order valence-electron chi connectivity index (χ4n) is 2.59. The van der Waals surface area contributed by atoms with Crippen LogP contribution in [0, 0.1) is 0 Å². The van der Waals surface area contributed by atoms with Crippen LogP contribution in [0.15, 0.2) is 35.1 Å². The predicted octanol–water partition coefficient (Wildman–Crippen LogP) is 1.05. The molecule has 2 aromatic rings. The third-order valence-electron chi connectivity index (χ3n) is 3.82. The molecule has 0 aliphatic carbocycles. The lowest BCUT2D eigenvalue weighted by atomic mass is 10.2. The zero-order valence-corrected chi connectivity index (χ0v) is 12.4. The Balaban J connectivity index is 1.83. The summed E-state index contributed by atoms with van der Waals surface area (Å²) in [5, 5.41) is 13.0. The van der Waals surface area contributed by atoms with Crippen LogP contribution in [0.1, 0.15) is 16.9 Å². The number of rotatable bonds is 4. The van der Waals surface area contributed by atoms with Crippen molar-refractivity contribution in [1.29, 1.82) is 0 Å². The number of carboxylic acids is 1. The smallest absolute Gasteiger partial charge is 0.326 e. The number of hydrogen-bond donors (Lipinski definition) is 1.